The Hall–Kier alpha value is -2.02. The summed E-state index contributed by atoms with van der Waals surface area (Å²) in [7, 11) is 0. The first-order valence-corrected chi connectivity index (χ1v) is 25.9. The average Bonchev–Trinajstić information content (AvgIpc) is 3.31. The third-order valence-electron chi connectivity index (χ3n) is 12.4. The number of hydrogen-bond acceptors (Lipinski definition) is 15. The van der Waals surface area contributed by atoms with Crippen LogP contribution < -0.4 is 0 Å². The first-order chi connectivity index (χ1) is 32.0. The van der Waals surface area contributed by atoms with E-state index in [9.17, 15) is 45.3 Å². The number of ether oxygens (including phenoxy) is 6. The van der Waals surface area contributed by atoms with Crippen LogP contribution in [0.4, 0.5) is 0 Å². The van der Waals surface area contributed by atoms with Crippen LogP contribution in [0.2, 0.25) is 0 Å². The fourth-order valence-corrected chi connectivity index (χ4v) is 8.09. The number of rotatable bonds is 40. The van der Waals surface area contributed by atoms with Crippen LogP contribution in [-0.4, -0.2) is 142 Å². The highest BCUT2D eigenvalue weighted by molar-refractivity contribution is 5.70. The molecular weight excluding hydrogens is 853 g/mol. The maximum atomic E-state index is 13.0. The van der Waals surface area contributed by atoms with Crippen LogP contribution in [-0.2, 0) is 38.0 Å². The Labute approximate surface area is 396 Å². The summed E-state index contributed by atoms with van der Waals surface area (Å²) in [4.78, 5) is 25.7. The zero-order valence-corrected chi connectivity index (χ0v) is 40.7. The van der Waals surface area contributed by atoms with Gasteiger partial charge in [-0.3, -0.25) is 9.59 Å². The second-order valence-electron chi connectivity index (χ2n) is 18.3. The molecule has 0 amide bonds. The summed E-state index contributed by atoms with van der Waals surface area (Å²) in [5, 5.41) is 72.0. The summed E-state index contributed by atoms with van der Waals surface area (Å²) in [6.45, 7) is 2.56. The van der Waals surface area contributed by atoms with Crippen LogP contribution in [0.15, 0.2) is 24.3 Å². The van der Waals surface area contributed by atoms with E-state index in [2.05, 4.69) is 38.2 Å². The highest BCUT2D eigenvalue weighted by Crippen LogP contribution is 2.26. The van der Waals surface area contributed by atoms with E-state index in [0.717, 1.165) is 57.8 Å². The zero-order valence-electron chi connectivity index (χ0n) is 40.7. The van der Waals surface area contributed by atoms with Gasteiger partial charge >= 0.3 is 11.9 Å². The number of unbranched alkanes of at least 4 members (excludes halogenated alkanes) is 22. The van der Waals surface area contributed by atoms with Gasteiger partial charge in [0.25, 0.3) is 0 Å². The van der Waals surface area contributed by atoms with Gasteiger partial charge in [-0.1, -0.05) is 141 Å². The molecule has 0 aromatic rings. The first-order valence-electron chi connectivity index (χ1n) is 25.9. The predicted molar refractivity (Wildman–Crippen MR) is 252 cm³/mol. The number of hydrogen-bond donors (Lipinski definition) is 7. The molecule has 15 heteroatoms. The van der Waals surface area contributed by atoms with Crippen molar-refractivity contribution in [2.45, 2.75) is 261 Å². The molecule has 386 valence electrons. The SMILES string of the molecule is CCCCCCCC/C=C/CCCCCCCC(=O)O[C@H](COC(=O)CCCC/C=C/CCCCCCCCCCC)CO[C@@H]1O[C@H](CO[C@@H]2O[C@H](CO)[C@H](O)C(O)C2O)[C@H](O)C(O)C1O. The largest absolute Gasteiger partial charge is 0.462 e. The van der Waals surface area contributed by atoms with Gasteiger partial charge in [-0.25, -0.2) is 0 Å². The second kappa shape index (κ2) is 38.8. The van der Waals surface area contributed by atoms with Gasteiger partial charge in [0.05, 0.1) is 19.8 Å². The Kier molecular flexibility index (Phi) is 35.3. The standard InChI is InChI=1S/C51H92O15/c1-3-5-7-9-11-13-15-17-19-21-23-25-27-29-31-33-42(53)61-36-39(64-43(54)34-32-30-28-26-24-22-20-18-16-14-12-10-8-6-4-2)37-62-50-49(60)47(58)45(56)41(66-50)38-63-51-48(59)46(57)44(55)40(35-52)65-51/h18,20,23,25,39-41,44-52,55-60H,3-17,19,21-22,24,26-38H2,1-2H3/b20-18+,25-23+/t39-,40-,41-,44+,45+,46?,47?,48?,49?,50-,51-/m1/s1. The number of carbonyl (C=O) groups excluding carboxylic acids is 2. The van der Waals surface area contributed by atoms with Crippen molar-refractivity contribution in [3.8, 4) is 0 Å². The van der Waals surface area contributed by atoms with Crippen LogP contribution in [0.25, 0.3) is 0 Å². The molecule has 0 aromatic heterocycles. The van der Waals surface area contributed by atoms with Gasteiger partial charge in [0.2, 0.25) is 0 Å². The molecule has 15 nitrogen and oxygen atoms in total. The van der Waals surface area contributed by atoms with Crippen LogP contribution in [0, 0.1) is 0 Å². The molecule has 2 aliphatic heterocycles. The van der Waals surface area contributed by atoms with E-state index in [1.165, 1.54) is 96.3 Å². The van der Waals surface area contributed by atoms with Crippen LogP contribution in [0.3, 0.4) is 0 Å². The molecule has 2 rings (SSSR count). The van der Waals surface area contributed by atoms with E-state index in [-0.39, 0.29) is 26.1 Å². The summed E-state index contributed by atoms with van der Waals surface area (Å²) in [5.41, 5.74) is 0. The Morgan fingerprint density at radius 2 is 0.864 bits per heavy atom. The highest BCUT2D eigenvalue weighted by Gasteiger charge is 2.47. The molecule has 4 unspecified atom stereocenters. The summed E-state index contributed by atoms with van der Waals surface area (Å²) in [5.74, 6) is -0.956. The average molecular weight is 945 g/mol. The van der Waals surface area contributed by atoms with E-state index in [1.54, 1.807) is 0 Å². The number of carbonyl (C=O) groups is 2. The Morgan fingerprint density at radius 3 is 1.36 bits per heavy atom. The van der Waals surface area contributed by atoms with E-state index < -0.39 is 92.7 Å². The topological polar surface area (TPSA) is 231 Å². The molecule has 0 aliphatic carbocycles. The molecule has 2 heterocycles. The monoisotopic (exact) mass is 945 g/mol. The summed E-state index contributed by atoms with van der Waals surface area (Å²) >= 11 is 0. The minimum atomic E-state index is -1.77. The van der Waals surface area contributed by atoms with Crippen molar-refractivity contribution in [3.05, 3.63) is 24.3 Å². The number of aliphatic hydroxyl groups is 7. The lowest BCUT2D eigenvalue weighted by Crippen LogP contribution is -2.61. The molecule has 2 aliphatic rings. The molecule has 0 bridgehead atoms. The molecule has 2 saturated heterocycles. The number of esters is 2. The van der Waals surface area contributed by atoms with E-state index >= 15 is 0 Å². The molecule has 2 fully saturated rings. The Morgan fingerprint density at radius 1 is 0.470 bits per heavy atom. The lowest BCUT2D eigenvalue weighted by molar-refractivity contribution is -0.332. The van der Waals surface area contributed by atoms with Gasteiger partial charge < -0.3 is 64.2 Å². The van der Waals surface area contributed by atoms with Gasteiger partial charge in [-0.2, -0.15) is 0 Å². The van der Waals surface area contributed by atoms with Crippen molar-refractivity contribution in [2.24, 2.45) is 0 Å². The van der Waals surface area contributed by atoms with E-state index in [0.29, 0.717) is 12.8 Å². The fraction of sp³-hybridized carbons (Fsp3) is 0.882. The third-order valence-corrected chi connectivity index (χ3v) is 12.4. The Bertz CT molecular complexity index is 1250. The third kappa shape index (κ3) is 26.7. The minimum Gasteiger partial charge on any atom is -0.462 e. The minimum absolute atomic E-state index is 0.153. The normalized spacial score (nSPS) is 26.3. The van der Waals surface area contributed by atoms with Crippen LogP contribution in [0.1, 0.15) is 194 Å². The number of aliphatic hydroxyl groups excluding tert-OH is 7. The fourth-order valence-electron chi connectivity index (χ4n) is 8.09. The molecule has 11 atom stereocenters. The predicted octanol–water partition coefficient (Wildman–Crippen LogP) is 7.16. The molecule has 66 heavy (non-hydrogen) atoms. The summed E-state index contributed by atoms with van der Waals surface area (Å²) in [6.07, 6.45) is 22.1. The molecule has 0 aromatic carbocycles. The zero-order chi connectivity index (χ0) is 48.2. The van der Waals surface area contributed by atoms with Crippen LogP contribution in [0.5, 0.6) is 0 Å². The molecule has 7 N–H and O–H groups in total. The lowest BCUT2D eigenvalue weighted by Gasteiger charge is -2.42. The van der Waals surface area contributed by atoms with Crippen molar-refractivity contribution < 1.29 is 73.8 Å². The highest BCUT2D eigenvalue weighted by atomic mass is 16.7. The molecular formula is C51H92O15. The molecule has 0 radical (unpaired) electrons. The van der Waals surface area contributed by atoms with Crippen molar-refractivity contribution >= 4 is 11.9 Å². The maximum Gasteiger partial charge on any atom is 0.306 e. The van der Waals surface area contributed by atoms with Crippen molar-refractivity contribution in [2.75, 3.05) is 26.4 Å². The van der Waals surface area contributed by atoms with Crippen LogP contribution >= 0.6 is 0 Å². The van der Waals surface area contributed by atoms with Gasteiger partial charge in [0.1, 0.15) is 55.4 Å². The second-order valence-corrected chi connectivity index (χ2v) is 18.3. The summed E-state index contributed by atoms with van der Waals surface area (Å²) < 4.78 is 33.5. The molecule has 0 saturated carbocycles. The first kappa shape index (κ1) is 60.1. The van der Waals surface area contributed by atoms with Gasteiger partial charge in [-0.05, 0) is 64.2 Å². The Balaban J connectivity index is 1.82. The maximum absolute atomic E-state index is 13.0. The number of allylic oxidation sites excluding steroid dienone is 4. The smallest absolute Gasteiger partial charge is 0.306 e. The van der Waals surface area contributed by atoms with E-state index in [1.807, 2.05) is 0 Å². The van der Waals surface area contributed by atoms with E-state index in [4.69, 9.17) is 28.4 Å². The lowest BCUT2D eigenvalue weighted by atomic mass is 9.98. The van der Waals surface area contributed by atoms with Crippen molar-refractivity contribution in [1.29, 1.82) is 0 Å². The van der Waals surface area contributed by atoms with Gasteiger partial charge in [-0.15, -0.1) is 0 Å². The van der Waals surface area contributed by atoms with Gasteiger partial charge in [0, 0.05) is 12.8 Å². The van der Waals surface area contributed by atoms with Crippen molar-refractivity contribution in [3.63, 3.8) is 0 Å². The molecule has 0 spiro atoms. The van der Waals surface area contributed by atoms with Gasteiger partial charge in [0.15, 0.2) is 18.7 Å². The van der Waals surface area contributed by atoms with Crippen molar-refractivity contribution in [1.82, 2.24) is 0 Å². The quantitative estimate of drug-likeness (QED) is 0.0184. The summed E-state index contributed by atoms with van der Waals surface area (Å²) in [6, 6.07) is 0.